The lowest BCUT2D eigenvalue weighted by molar-refractivity contribution is 0.442. The zero-order valence-corrected chi connectivity index (χ0v) is 10.3. The lowest BCUT2D eigenvalue weighted by Gasteiger charge is -2.22. The van der Waals surface area contributed by atoms with Gasteiger partial charge in [0.25, 0.3) is 0 Å². The molecule has 4 heteroatoms. The van der Waals surface area contributed by atoms with Crippen LogP contribution in [0.15, 0.2) is 27.7 Å². The third-order valence-electron chi connectivity index (χ3n) is 3.88. The molecule has 0 aliphatic heterocycles. The number of hydrogen-bond acceptors (Lipinski definition) is 4. The molecular weight excluding hydrogens is 228 g/mol. The van der Waals surface area contributed by atoms with Crippen molar-refractivity contribution in [3.63, 3.8) is 0 Å². The van der Waals surface area contributed by atoms with Crippen LogP contribution >= 0.6 is 0 Å². The van der Waals surface area contributed by atoms with Crippen LogP contribution in [0.25, 0.3) is 11.0 Å². The van der Waals surface area contributed by atoms with Crippen LogP contribution < -0.4 is 0 Å². The number of aryl methyl sites for hydroxylation is 1. The fraction of sp³-hybridized carbons (Fsp3) is 0.429. The minimum Gasteiger partial charge on any atom is -0.356 e. The van der Waals surface area contributed by atoms with Crippen LogP contribution in [0.2, 0.25) is 0 Å². The summed E-state index contributed by atoms with van der Waals surface area (Å²) in [7, 11) is 0. The molecule has 0 unspecified atom stereocenters. The Balaban J connectivity index is 2.15. The van der Waals surface area contributed by atoms with Crippen LogP contribution in [-0.4, -0.2) is 11.2 Å². The number of nitrogens with zero attached hydrogens (tertiary/aromatic N) is 2. The predicted molar refractivity (Wildman–Crippen MR) is 67.0 cm³/mol. The topological polar surface area (TPSA) is 55.5 Å². The van der Waals surface area contributed by atoms with E-state index >= 15 is 0 Å². The molecule has 1 heterocycles. The van der Waals surface area contributed by atoms with E-state index in [1.165, 1.54) is 0 Å². The average Bonchev–Trinajstić information content (AvgIpc) is 2.98. The van der Waals surface area contributed by atoms with Gasteiger partial charge in [-0.15, -0.1) is 0 Å². The molecule has 18 heavy (non-hydrogen) atoms. The van der Waals surface area contributed by atoms with E-state index in [1.54, 1.807) is 6.08 Å². The highest BCUT2D eigenvalue weighted by Crippen LogP contribution is 2.42. The zero-order valence-electron chi connectivity index (χ0n) is 10.3. The Morgan fingerprint density at radius 1 is 1.39 bits per heavy atom. The lowest BCUT2D eigenvalue weighted by atomic mass is 9.88. The molecule has 0 N–H and O–H groups in total. The van der Waals surface area contributed by atoms with Gasteiger partial charge in [-0.2, -0.15) is 4.99 Å². The minimum atomic E-state index is -0.392. The maximum absolute atomic E-state index is 10.7. The first-order valence-electron chi connectivity index (χ1n) is 6.21. The molecule has 1 fully saturated rings. The standard InChI is InChI=1S/C14H14N2O2/c1-10-12-5-4-11(8-13(12)18-16-10)14(15-9-17)6-2-3-7-14/h4-5,8H,2-3,6-7H2,1H3. The smallest absolute Gasteiger partial charge is 0.235 e. The second kappa shape index (κ2) is 4.07. The van der Waals surface area contributed by atoms with Crippen molar-refractivity contribution >= 4 is 17.0 Å². The average molecular weight is 242 g/mol. The summed E-state index contributed by atoms with van der Waals surface area (Å²) in [5.74, 6) is 0. The van der Waals surface area contributed by atoms with Gasteiger partial charge in [0.2, 0.25) is 6.08 Å². The summed E-state index contributed by atoms with van der Waals surface area (Å²) in [5, 5.41) is 4.96. The van der Waals surface area contributed by atoms with Crippen molar-refractivity contribution in [3.05, 3.63) is 29.5 Å². The molecule has 1 saturated carbocycles. The van der Waals surface area contributed by atoms with Gasteiger partial charge in [0.1, 0.15) is 0 Å². The molecule has 0 atom stereocenters. The van der Waals surface area contributed by atoms with Crippen molar-refractivity contribution in [2.24, 2.45) is 4.99 Å². The van der Waals surface area contributed by atoms with E-state index in [0.717, 1.165) is 47.9 Å². The van der Waals surface area contributed by atoms with Gasteiger partial charge in [0, 0.05) is 5.39 Å². The summed E-state index contributed by atoms with van der Waals surface area (Å²) < 4.78 is 5.28. The number of rotatable bonds is 2. The molecule has 1 aromatic heterocycles. The fourth-order valence-corrected chi connectivity index (χ4v) is 2.87. The van der Waals surface area contributed by atoms with Crippen LogP contribution in [0.3, 0.4) is 0 Å². The SMILES string of the molecule is Cc1noc2cc(C3(N=C=O)CCCC3)ccc12. The molecule has 1 aliphatic rings. The Morgan fingerprint density at radius 2 is 2.17 bits per heavy atom. The van der Waals surface area contributed by atoms with E-state index < -0.39 is 5.54 Å². The fourth-order valence-electron chi connectivity index (χ4n) is 2.87. The van der Waals surface area contributed by atoms with Crippen LogP contribution in [-0.2, 0) is 10.3 Å². The van der Waals surface area contributed by atoms with Gasteiger partial charge in [-0.05, 0) is 37.5 Å². The van der Waals surface area contributed by atoms with E-state index in [1.807, 2.05) is 25.1 Å². The number of aromatic nitrogens is 1. The molecule has 2 aromatic rings. The molecule has 0 bridgehead atoms. The summed E-state index contributed by atoms with van der Waals surface area (Å²) in [6, 6.07) is 5.98. The highest BCUT2D eigenvalue weighted by atomic mass is 16.5. The van der Waals surface area contributed by atoms with Gasteiger partial charge < -0.3 is 4.52 Å². The molecular formula is C14H14N2O2. The Kier molecular flexibility index (Phi) is 2.53. The summed E-state index contributed by atoms with van der Waals surface area (Å²) in [6.07, 6.45) is 5.73. The van der Waals surface area contributed by atoms with Gasteiger partial charge in [-0.25, -0.2) is 4.79 Å². The molecule has 1 aliphatic carbocycles. The number of benzene rings is 1. The van der Waals surface area contributed by atoms with Gasteiger partial charge in [0.15, 0.2) is 5.58 Å². The Hall–Kier alpha value is -1.93. The van der Waals surface area contributed by atoms with Crippen LogP contribution in [0.1, 0.15) is 36.9 Å². The van der Waals surface area contributed by atoms with Gasteiger partial charge in [-0.1, -0.05) is 24.1 Å². The molecule has 0 spiro atoms. The predicted octanol–water partition coefficient (Wildman–Crippen LogP) is 3.24. The first kappa shape index (κ1) is 11.2. The van der Waals surface area contributed by atoms with Crippen molar-refractivity contribution < 1.29 is 9.32 Å². The zero-order chi connectivity index (χ0) is 12.6. The van der Waals surface area contributed by atoms with E-state index in [2.05, 4.69) is 10.1 Å². The molecule has 0 radical (unpaired) electrons. The highest BCUT2D eigenvalue weighted by Gasteiger charge is 2.36. The molecule has 3 rings (SSSR count). The first-order chi connectivity index (χ1) is 8.75. The monoisotopic (exact) mass is 242 g/mol. The van der Waals surface area contributed by atoms with E-state index in [-0.39, 0.29) is 0 Å². The largest absolute Gasteiger partial charge is 0.356 e. The van der Waals surface area contributed by atoms with Crippen molar-refractivity contribution in [1.29, 1.82) is 0 Å². The van der Waals surface area contributed by atoms with Crippen molar-refractivity contribution in [3.8, 4) is 0 Å². The van der Waals surface area contributed by atoms with Crippen LogP contribution in [0, 0.1) is 6.92 Å². The second-order valence-electron chi connectivity index (χ2n) is 4.92. The van der Waals surface area contributed by atoms with E-state index in [0.29, 0.717) is 0 Å². The maximum atomic E-state index is 10.7. The normalized spacial score (nSPS) is 17.8. The quantitative estimate of drug-likeness (QED) is 0.600. The van der Waals surface area contributed by atoms with Crippen molar-refractivity contribution in [2.45, 2.75) is 38.1 Å². The van der Waals surface area contributed by atoms with Crippen LogP contribution in [0.4, 0.5) is 0 Å². The molecule has 1 aromatic carbocycles. The van der Waals surface area contributed by atoms with Gasteiger partial charge >= 0.3 is 0 Å². The molecule has 4 nitrogen and oxygen atoms in total. The third-order valence-corrected chi connectivity index (χ3v) is 3.88. The third kappa shape index (κ3) is 1.57. The van der Waals surface area contributed by atoms with Gasteiger partial charge in [0.05, 0.1) is 11.2 Å². The number of fused-ring (bicyclic) bond motifs is 1. The number of aliphatic imine (C=N–C) groups is 1. The van der Waals surface area contributed by atoms with E-state index in [4.69, 9.17) is 4.52 Å². The highest BCUT2D eigenvalue weighted by molar-refractivity contribution is 5.80. The first-order valence-corrected chi connectivity index (χ1v) is 6.21. The molecule has 0 saturated heterocycles. The number of isocyanates is 1. The minimum absolute atomic E-state index is 0.392. The van der Waals surface area contributed by atoms with Crippen LogP contribution in [0.5, 0.6) is 0 Å². The number of hydrogen-bond donors (Lipinski definition) is 0. The summed E-state index contributed by atoms with van der Waals surface area (Å²) in [4.78, 5) is 14.8. The lowest BCUT2D eigenvalue weighted by Crippen LogP contribution is -2.18. The van der Waals surface area contributed by atoms with Crippen molar-refractivity contribution in [2.75, 3.05) is 0 Å². The van der Waals surface area contributed by atoms with E-state index in [9.17, 15) is 4.79 Å². The molecule has 92 valence electrons. The maximum Gasteiger partial charge on any atom is 0.235 e. The number of carbonyl (C=O) groups excluding carboxylic acids is 1. The summed E-state index contributed by atoms with van der Waals surface area (Å²) in [5.41, 5.74) is 2.29. The van der Waals surface area contributed by atoms with Crippen molar-refractivity contribution in [1.82, 2.24) is 5.16 Å². The van der Waals surface area contributed by atoms with Gasteiger partial charge in [-0.3, -0.25) is 0 Å². The second-order valence-corrected chi connectivity index (χ2v) is 4.92. The Labute approximate surface area is 105 Å². The summed E-state index contributed by atoms with van der Waals surface area (Å²) >= 11 is 0. The Morgan fingerprint density at radius 3 is 2.89 bits per heavy atom. The summed E-state index contributed by atoms with van der Waals surface area (Å²) in [6.45, 7) is 1.92. The molecule has 0 amide bonds. The Bertz CT molecular complexity index is 632.